The molecule has 0 aliphatic carbocycles. The Morgan fingerprint density at radius 1 is 0.583 bits per heavy atom. The average molecular weight is 349 g/mol. The van der Waals surface area contributed by atoms with Crippen molar-refractivity contribution in [3.8, 4) is 0 Å². The Morgan fingerprint density at radius 2 is 1.00 bits per heavy atom. The van der Waals surface area contributed by atoms with Gasteiger partial charge in [-0.1, -0.05) is 27.2 Å². The Balaban J connectivity index is 4.65. The van der Waals surface area contributed by atoms with E-state index in [2.05, 4.69) is 20.8 Å². The van der Waals surface area contributed by atoms with Gasteiger partial charge in [-0.25, -0.2) is 0 Å². The first-order valence-corrected chi connectivity index (χ1v) is 9.20. The highest BCUT2D eigenvalue weighted by atomic mass is 16.5. The average Bonchev–Trinajstić information content (AvgIpc) is 2.59. The molecule has 1 unspecified atom stereocenters. The summed E-state index contributed by atoms with van der Waals surface area (Å²) >= 11 is 0. The number of unbranched alkanes of at least 4 members (excludes halogenated alkanes) is 1. The number of rotatable bonds is 17. The van der Waals surface area contributed by atoms with Gasteiger partial charge in [0.15, 0.2) is 0 Å². The largest absolute Gasteiger partial charge is 0.384 e. The highest BCUT2D eigenvalue weighted by Gasteiger charge is 2.33. The van der Waals surface area contributed by atoms with Crippen LogP contribution >= 0.6 is 0 Å². The molecule has 146 valence electrons. The van der Waals surface area contributed by atoms with Gasteiger partial charge in [0.25, 0.3) is 0 Å². The molecule has 24 heavy (non-hydrogen) atoms. The summed E-state index contributed by atoms with van der Waals surface area (Å²) in [6, 6.07) is 0. The number of ether oxygens (including phenoxy) is 5. The molecule has 1 atom stereocenters. The van der Waals surface area contributed by atoms with Crippen molar-refractivity contribution in [1.82, 2.24) is 0 Å². The first-order chi connectivity index (χ1) is 11.6. The second kappa shape index (κ2) is 14.0. The Hall–Kier alpha value is -0.200. The summed E-state index contributed by atoms with van der Waals surface area (Å²) in [4.78, 5) is 0. The summed E-state index contributed by atoms with van der Waals surface area (Å²) in [5.74, 6) is 0. The molecule has 0 aliphatic heterocycles. The Kier molecular flexibility index (Phi) is 13.9. The molecule has 0 rings (SSSR count). The van der Waals surface area contributed by atoms with Crippen LogP contribution in [-0.2, 0) is 23.7 Å². The second-order valence-corrected chi connectivity index (χ2v) is 6.91. The molecule has 0 aromatic rings. The maximum Gasteiger partial charge on any atom is 0.0566 e. The number of methoxy groups -OCH3 is 3. The van der Waals surface area contributed by atoms with E-state index in [-0.39, 0.29) is 10.8 Å². The van der Waals surface area contributed by atoms with Crippen LogP contribution < -0.4 is 0 Å². The quantitative estimate of drug-likeness (QED) is 0.376. The Bertz CT molecular complexity index is 279. The van der Waals surface area contributed by atoms with Crippen LogP contribution in [-0.4, -0.2) is 67.6 Å². The van der Waals surface area contributed by atoms with Crippen molar-refractivity contribution < 1.29 is 23.7 Å². The molecule has 5 nitrogen and oxygen atoms in total. The third-order valence-corrected chi connectivity index (χ3v) is 4.72. The fourth-order valence-corrected chi connectivity index (χ4v) is 2.80. The van der Waals surface area contributed by atoms with E-state index >= 15 is 0 Å². The third kappa shape index (κ3) is 8.77. The molecule has 0 aromatic carbocycles. The van der Waals surface area contributed by atoms with Gasteiger partial charge in [0.2, 0.25) is 0 Å². The van der Waals surface area contributed by atoms with Crippen LogP contribution in [0.4, 0.5) is 0 Å². The molecule has 0 bridgehead atoms. The SMILES string of the molecule is CCCCOCC(CC)(COC)COCC(CC)(COC)COC. The van der Waals surface area contributed by atoms with E-state index in [1.807, 2.05) is 0 Å². The summed E-state index contributed by atoms with van der Waals surface area (Å²) in [6.45, 7) is 11.1. The van der Waals surface area contributed by atoms with Gasteiger partial charge in [-0.2, -0.15) is 0 Å². The number of hydrogen-bond donors (Lipinski definition) is 0. The van der Waals surface area contributed by atoms with Crippen LogP contribution in [0.2, 0.25) is 0 Å². The molecule has 5 heteroatoms. The highest BCUT2D eigenvalue weighted by Crippen LogP contribution is 2.28. The molecular formula is C19H40O5. The lowest BCUT2D eigenvalue weighted by molar-refractivity contribution is -0.100. The van der Waals surface area contributed by atoms with Crippen molar-refractivity contribution in [2.24, 2.45) is 10.8 Å². The second-order valence-electron chi connectivity index (χ2n) is 6.91. The van der Waals surface area contributed by atoms with Crippen LogP contribution in [0.5, 0.6) is 0 Å². The van der Waals surface area contributed by atoms with Crippen molar-refractivity contribution in [1.29, 1.82) is 0 Å². The van der Waals surface area contributed by atoms with Crippen LogP contribution in [0.3, 0.4) is 0 Å². The third-order valence-electron chi connectivity index (χ3n) is 4.72. The van der Waals surface area contributed by atoms with E-state index in [1.54, 1.807) is 21.3 Å². The zero-order valence-corrected chi connectivity index (χ0v) is 16.8. The van der Waals surface area contributed by atoms with E-state index in [1.165, 1.54) is 0 Å². The van der Waals surface area contributed by atoms with Gasteiger partial charge in [-0.05, 0) is 19.3 Å². The maximum atomic E-state index is 6.14. The standard InChI is InChI=1S/C19H40O5/c1-7-10-11-23-15-19(9-3,14-22-6)17-24-16-18(8-2,12-20-4)13-21-5/h7-17H2,1-6H3. The highest BCUT2D eigenvalue weighted by molar-refractivity contribution is 4.81. The van der Waals surface area contributed by atoms with Crippen LogP contribution in [0.25, 0.3) is 0 Å². The van der Waals surface area contributed by atoms with Gasteiger partial charge in [0, 0.05) is 38.8 Å². The molecule has 0 heterocycles. The van der Waals surface area contributed by atoms with Crippen LogP contribution in [0.1, 0.15) is 46.5 Å². The van der Waals surface area contributed by atoms with Crippen LogP contribution in [0.15, 0.2) is 0 Å². The topological polar surface area (TPSA) is 46.2 Å². The molecule has 0 amide bonds. The summed E-state index contributed by atoms with van der Waals surface area (Å²) in [7, 11) is 5.19. The minimum Gasteiger partial charge on any atom is -0.384 e. The lowest BCUT2D eigenvalue weighted by atomic mass is 9.86. The van der Waals surface area contributed by atoms with Gasteiger partial charge in [0.05, 0.1) is 39.6 Å². The molecule has 0 spiro atoms. The summed E-state index contributed by atoms with van der Waals surface area (Å²) in [5, 5.41) is 0. The van der Waals surface area contributed by atoms with Gasteiger partial charge in [0.1, 0.15) is 0 Å². The van der Waals surface area contributed by atoms with Crippen molar-refractivity contribution in [3.05, 3.63) is 0 Å². The summed E-state index contributed by atoms with van der Waals surface area (Å²) < 4.78 is 28.2. The van der Waals surface area contributed by atoms with E-state index in [0.29, 0.717) is 39.6 Å². The van der Waals surface area contributed by atoms with Gasteiger partial charge >= 0.3 is 0 Å². The minimum atomic E-state index is -0.0981. The summed E-state index contributed by atoms with van der Waals surface area (Å²) in [6.07, 6.45) is 4.15. The molecular weight excluding hydrogens is 308 g/mol. The van der Waals surface area contributed by atoms with E-state index in [4.69, 9.17) is 23.7 Å². The number of hydrogen-bond acceptors (Lipinski definition) is 5. The molecule has 0 saturated heterocycles. The molecule has 0 N–H and O–H groups in total. The Morgan fingerprint density at radius 3 is 1.38 bits per heavy atom. The van der Waals surface area contributed by atoms with Crippen molar-refractivity contribution in [2.45, 2.75) is 46.5 Å². The predicted molar refractivity (Wildman–Crippen MR) is 97.6 cm³/mol. The monoisotopic (exact) mass is 348 g/mol. The molecule has 0 saturated carbocycles. The summed E-state index contributed by atoms with van der Waals surface area (Å²) in [5.41, 5.74) is -0.193. The maximum absolute atomic E-state index is 6.14. The van der Waals surface area contributed by atoms with Crippen molar-refractivity contribution >= 4 is 0 Å². The molecule has 0 aromatic heterocycles. The lowest BCUT2D eigenvalue weighted by Gasteiger charge is -2.35. The van der Waals surface area contributed by atoms with E-state index < -0.39 is 0 Å². The Labute approximate surface area is 149 Å². The fourth-order valence-electron chi connectivity index (χ4n) is 2.80. The van der Waals surface area contributed by atoms with Crippen molar-refractivity contribution in [2.75, 3.05) is 67.6 Å². The molecule has 0 radical (unpaired) electrons. The molecule has 0 aliphatic rings. The normalized spacial score (nSPS) is 14.8. The smallest absolute Gasteiger partial charge is 0.0566 e. The minimum absolute atomic E-state index is 0.0951. The van der Waals surface area contributed by atoms with Gasteiger partial charge in [-0.3, -0.25) is 0 Å². The fraction of sp³-hybridized carbons (Fsp3) is 1.00. The van der Waals surface area contributed by atoms with Crippen LogP contribution in [0, 0.1) is 10.8 Å². The lowest BCUT2D eigenvalue weighted by Crippen LogP contribution is -2.41. The first kappa shape index (κ1) is 23.8. The van der Waals surface area contributed by atoms with Gasteiger partial charge in [-0.15, -0.1) is 0 Å². The zero-order chi connectivity index (χ0) is 18.3. The molecule has 0 fully saturated rings. The zero-order valence-electron chi connectivity index (χ0n) is 16.8. The van der Waals surface area contributed by atoms with Gasteiger partial charge < -0.3 is 23.7 Å². The predicted octanol–water partition coefficient (Wildman–Crippen LogP) is 3.55. The van der Waals surface area contributed by atoms with Crippen molar-refractivity contribution in [3.63, 3.8) is 0 Å². The van der Waals surface area contributed by atoms with E-state index in [9.17, 15) is 0 Å². The first-order valence-electron chi connectivity index (χ1n) is 9.20. The van der Waals surface area contributed by atoms with E-state index in [0.717, 1.165) is 32.3 Å².